The lowest BCUT2D eigenvalue weighted by atomic mass is 10.1. The van der Waals surface area contributed by atoms with E-state index in [-0.39, 0.29) is 23.7 Å². The second-order valence-electron chi connectivity index (χ2n) is 5.90. The van der Waals surface area contributed by atoms with Gasteiger partial charge < -0.3 is 4.90 Å². The fourth-order valence-electron chi connectivity index (χ4n) is 3.09. The van der Waals surface area contributed by atoms with Crippen LogP contribution >= 0.6 is 11.3 Å². The highest BCUT2D eigenvalue weighted by atomic mass is 32.1. The van der Waals surface area contributed by atoms with Gasteiger partial charge in [0.2, 0.25) is 5.91 Å². The van der Waals surface area contributed by atoms with Crippen molar-refractivity contribution in [2.75, 3.05) is 13.1 Å². The summed E-state index contributed by atoms with van der Waals surface area (Å²) >= 11 is 1.32. The Morgan fingerprint density at radius 2 is 1.91 bits per heavy atom. The molecule has 3 rings (SSSR count). The quantitative estimate of drug-likeness (QED) is 0.853. The van der Waals surface area contributed by atoms with Crippen LogP contribution in [-0.4, -0.2) is 33.0 Å². The Kier molecular flexibility index (Phi) is 4.66. The number of fused-ring (bicyclic) bond motifs is 1. The second kappa shape index (κ2) is 6.70. The van der Waals surface area contributed by atoms with Crippen LogP contribution < -0.4 is 11.2 Å². The number of hydrogen-bond donors (Lipinski definition) is 0. The van der Waals surface area contributed by atoms with Gasteiger partial charge in [0.15, 0.2) is 0 Å². The molecule has 1 fully saturated rings. The first-order valence-electron chi connectivity index (χ1n) is 8.12. The van der Waals surface area contributed by atoms with Crippen molar-refractivity contribution in [1.29, 1.82) is 0 Å². The molecule has 3 heterocycles. The van der Waals surface area contributed by atoms with Gasteiger partial charge in [0.05, 0.1) is 5.52 Å². The number of likely N-dealkylation sites (tertiary alicyclic amines) is 1. The summed E-state index contributed by atoms with van der Waals surface area (Å²) in [4.78, 5) is 39.4. The molecule has 1 saturated heterocycles. The Bertz CT molecular complexity index is 827. The van der Waals surface area contributed by atoms with E-state index in [1.54, 1.807) is 11.4 Å². The van der Waals surface area contributed by atoms with Crippen LogP contribution in [0.15, 0.2) is 21.0 Å². The number of piperidine rings is 1. The van der Waals surface area contributed by atoms with E-state index in [0.717, 1.165) is 32.4 Å². The molecule has 0 atom stereocenters. The standard InChI is InChI=1S/C16H21N3O3S/c1-2-7-18-15(21)14-12(6-10-23-14)19(16(18)22)11-13(20)17-8-4-3-5-9-17/h6,10H,2-5,7-9,11H2,1H3. The van der Waals surface area contributed by atoms with Crippen molar-refractivity contribution in [3.8, 4) is 0 Å². The average molecular weight is 335 g/mol. The van der Waals surface area contributed by atoms with Gasteiger partial charge >= 0.3 is 5.69 Å². The number of hydrogen-bond acceptors (Lipinski definition) is 4. The van der Waals surface area contributed by atoms with Crippen molar-refractivity contribution in [3.63, 3.8) is 0 Å². The monoisotopic (exact) mass is 335 g/mol. The molecule has 0 unspecified atom stereocenters. The molecule has 2 aromatic rings. The summed E-state index contributed by atoms with van der Waals surface area (Å²) in [6.45, 7) is 3.83. The Hall–Kier alpha value is -1.89. The van der Waals surface area contributed by atoms with Gasteiger partial charge in [-0.05, 0) is 37.1 Å². The van der Waals surface area contributed by atoms with Gasteiger partial charge in [0.25, 0.3) is 5.56 Å². The zero-order valence-corrected chi connectivity index (χ0v) is 14.1. The van der Waals surface area contributed by atoms with Crippen molar-refractivity contribution in [1.82, 2.24) is 14.0 Å². The number of carbonyl (C=O) groups excluding carboxylic acids is 1. The highest BCUT2D eigenvalue weighted by molar-refractivity contribution is 7.17. The van der Waals surface area contributed by atoms with E-state index in [1.165, 1.54) is 20.5 Å². The molecule has 124 valence electrons. The maximum Gasteiger partial charge on any atom is 0.332 e. The van der Waals surface area contributed by atoms with Crippen LogP contribution in [0.3, 0.4) is 0 Å². The van der Waals surface area contributed by atoms with E-state index < -0.39 is 0 Å². The Labute approximate surface area is 138 Å². The van der Waals surface area contributed by atoms with Crippen molar-refractivity contribution in [2.24, 2.45) is 0 Å². The first-order chi connectivity index (χ1) is 11.1. The largest absolute Gasteiger partial charge is 0.341 e. The lowest BCUT2D eigenvalue weighted by Crippen LogP contribution is -2.44. The molecular formula is C16H21N3O3S. The van der Waals surface area contributed by atoms with E-state index in [9.17, 15) is 14.4 Å². The number of carbonyl (C=O) groups is 1. The molecule has 0 N–H and O–H groups in total. The SMILES string of the molecule is CCCn1c(=O)c2sccc2n(CC(=O)N2CCCCC2)c1=O. The van der Waals surface area contributed by atoms with Crippen molar-refractivity contribution < 1.29 is 4.79 Å². The van der Waals surface area contributed by atoms with Gasteiger partial charge in [-0.25, -0.2) is 4.79 Å². The van der Waals surface area contributed by atoms with Crippen LogP contribution in [0.25, 0.3) is 10.2 Å². The summed E-state index contributed by atoms with van der Waals surface area (Å²) in [7, 11) is 0. The fourth-order valence-corrected chi connectivity index (χ4v) is 3.93. The Balaban J connectivity index is 2.02. The Morgan fingerprint density at radius 3 is 2.61 bits per heavy atom. The van der Waals surface area contributed by atoms with Crippen LogP contribution in [0.5, 0.6) is 0 Å². The maximum atomic E-state index is 12.7. The zero-order valence-electron chi connectivity index (χ0n) is 13.3. The van der Waals surface area contributed by atoms with E-state index in [4.69, 9.17) is 0 Å². The van der Waals surface area contributed by atoms with Crippen LogP contribution in [0.1, 0.15) is 32.6 Å². The Morgan fingerprint density at radius 1 is 1.17 bits per heavy atom. The molecule has 0 bridgehead atoms. The highest BCUT2D eigenvalue weighted by Crippen LogP contribution is 2.16. The van der Waals surface area contributed by atoms with Crippen molar-refractivity contribution in [2.45, 2.75) is 45.7 Å². The number of nitrogens with zero attached hydrogens (tertiary/aromatic N) is 3. The van der Waals surface area contributed by atoms with E-state index in [1.807, 2.05) is 11.8 Å². The normalized spacial score (nSPS) is 15.3. The molecular weight excluding hydrogens is 314 g/mol. The molecule has 23 heavy (non-hydrogen) atoms. The lowest BCUT2D eigenvalue weighted by molar-refractivity contribution is -0.132. The molecule has 1 aliphatic heterocycles. The predicted molar refractivity (Wildman–Crippen MR) is 91.1 cm³/mol. The molecule has 0 spiro atoms. The third kappa shape index (κ3) is 2.97. The van der Waals surface area contributed by atoms with Crippen LogP contribution in [-0.2, 0) is 17.9 Å². The van der Waals surface area contributed by atoms with Crippen LogP contribution in [0.4, 0.5) is 0 Å². The molecule has 0 aromatic carbocycles. The number of rotatable bonds is 4. The van der Waals surface area contributed by atoms with Crippen molar-refractivity contribution >= 4 is 27.5 Å². The zero-order chi connectivity index (χ0) is 16.4. The molecule has 1 aliphatic rings. The molecule has 0 radical (unpaired) electrons. The van der Waals surface area contributed by atoms with E-state index in [2.05, 4.69) is 0 Å². The van der Waals surface area contributed by atoms with Crippen LogP contribution in [0.2, 0.25) is 0 Å². The minimum absolute atomic E-state index is 0.00998. The number of aromatic nitrogens is 2. The van der Waals surface area contributed by atoms with Gasteiger partial charge in [0, 0.05) is 19.6 Å². The third-order valence-corrected chi connectivity index (χ3v) is 5.18. The third-order valence-electron chi connectivity index (χ3n) is 4.29. The molecule has 0 saturated carbocycles. The van der Waals surface area contributed by atoms with Crippen LogP contribution in [0, 0.1) is 0 Å². The summed E-state index contributed by atoms with van der Waals surface area (Å²) in [6.07, 6.45) is 3.89. The van der Waals surface area contributed by atoms with Gasteiger partial charge in [0.1, 0.15) is 11.2 Å². The smallest absolute Gasteiger partial charge is 0.332 e. The topological polar surface area (TPSA) is 64.3 Å². The summed E-state index contributed by atoms with van der Waals surface area (Å²) in [5.74, 6) is -0.0407. The van der Waals surface area contributed by atoms with E-state index >= 15 is 0 Å². The molecule has 2 aromatic heterocycles. The highest BCUT2D eigenvalue weighted by Gasteiger charge is 2.20. The second-order valence-corrected chi connectivity index (χ2v) is 6.82. The van der Waals surface area contributed by atoms with Gasteiger partial charge in [-0.3, -0.25) is 18.7 Å². The molecule has 1 amide bonds. The molecule has 6 nitrogen and oxygen atoms in total. The first-order valence-corrected chi connectivity index (χ1v) is 9.00. The van der Waals surface area contributed by atoms with Gasteiger partial charge in [-0.15, -0.1) is 11.3 Å². The minimum Gasteiger partial charge on any atom is -0.341 e. The predicted octanol–water partition coefficient (Wildman–Crippen LogP) is 1.65. The summed E-state index contributed by atoms with van der Waals surface area (Å²) in [5, 5.41) is 1.80. The maximum absolute atomic E-state index is 12.7. The summed E-state index contributed by atoms with van der Waals surface area (Å²) in [5.41, 5.74) is -0.0562. The van der Waals surface area contributed by atoms with Gasteiger partial charge in [-0.1, -0.05) is 6.92 Å². The van der Waals surface area contributed by atoms with Gasteiger partial charge in [-0.2, -0.15) is 0 Å². The summed E-state index contributed by atoms with van der Waals surface area (Å²) in [6, 6.07) is 1.75. The fraction of sp³-hybridized carbons (Fsp3) is 0.562. The van der Waals surface area contributed by atoms with E-state index in [0.29, 0.717) is 23.2 Å². The average Bonchev–Trinajstić information content (AvgIpc) is 3.06. The summed E-state index contributed by atoms with van der Waals surface area (Å²) < 4.78 is 3.26. The number of thiophene rings is 1. The lowest BCUT2D eigenvalue weighted by Gasteiger charge is -2.27. The molecule has 0 aliphatic carbocycles. The van der Waals surface area contributed by atoms with Crippen molar-refractivity contribution in [3.05, 3.63) is 32.3 Å². The molecule has 7 heteroatoms. The minimum atomic E-state index is -0.381. The first kappa shape index (κ1) is 16.0. The number of amides is 1.